The summed E-state index contributed by atoms with van der Waals surface area (Å²) in [4.78, 5) is 8.21. The SMILES string of the molecule is Cc1nccn1-c1ccc(N)c(C#N)n1. The van der Waals surface area contributed by atoms with Crippen LogP contribution in [-0.4, -0.2) is 14.5 Å². The van der Waals surface area contributed by atoms with E-state index in [0.717, 1.165) is 5.82 Å². The monoisotopic (exact) mass is 199 g/mol. The van der Waals surface area contributed by atoms with Crippen LogP contribution >= 0.6 is 0 Å². The van der Waals surface area contributed by atoms with Gasteiger partial charge in [-0.1, -0.05) is 0 Å². The first-order valence-corrected chi connectivity index (χ1v) is 4.39. The van der Waals surface area contributed by atoms with Crippen LogP contribution in [0.2, 0.25) is 0 Å². The van der Waals surface area contributed by atoms with Crippen molar-refractivity contribution in [2.45, 2.75) is 6.92 Å². The molecule has 2 rings (SSSR count). The number of imidazole rings is 1. The number of aromatic nitrogens is 3. The third-order valence-corrected chi connectivity index (χ3v) is 2.09. The van der Waals surface area contributed by atoms with Crippen LogP contribution in [0.1, 0.15) is 11.5 Å². The van der Waals surface area contributed by atoms with Gasteiger partial charge in [-0.3, -0.25) is 4.57 Å². The summed E-state index contributed by atoms with van der Waals surface area (Å²) in [6.45, 7) is 1.87. The average Bonchev–Trinajstić information content (AvgIpc) is 2.65. The number of nitrogens with zero attached hydrogens (tertiary/aromatic N) is 4. The quantitative estimate of drug-likeness (QED) is 0.743. The Kier molecular flexibility index (Phi) is 2.10. The summed E-state index contributed by atoms with van der Waals surface area (Å²) in [6, 6.07) is 5.37. The number of nitrogens with two attached hydrogens (primary N) is 1. The molecule has 0 amide bonds. The molecule has 5 nitrogen and oxygen atoms in total. The third-order valence-electron chi connectivity index (χ3n) is 2.09. The Bertz CT molecular complexity index is 535. The van der Waals surface area contributed by atoms with Crippen LogP contribution in [0.4, 0.5) is 5.69 Å². The van der Waals surface area contributed by atoms with Gasteiger partial charge < -0.3 is 5.73 Å². The van der Waals surface area contributed by atoms with E-state index in [-0.39, 0.29) is 5.69 Å². The largest absolute Gasteiger partial charge is 0.396 e. The number of anilines is 1. The van der Waals surface area contributed by atoms with E-state index in [4.69, 9.17) is 11.0 Å². The molecule has 0 aliphatic rings. The number of pyridine rings is 1. The van der Waals surface area contributed by atoms with Crippen LogP contribution in [0.15, 0.2) is 24.5 Å². The zero-order valence-corrected chi connectivity index (χ0v) is 8.18. The van der Waals surface area contributed by atoms with Crippen LogP contribution in [0.25, 0.3) is 5.82 Å². The summed E-state index contributed by atoms with van der Waals surface area (Å²) >= 11 is 0. The molecule has 2 aromatic rings. The molecule has 2 heterocycles. The minimum absolute atomic E-state index is 0.237. The highest BCUT2D eigenvalue weighted by Crippen LogP contribution is 2.13. The second-order valence-electron chi connectivity index (χ2n) is 3.06. The van der Waals surface area contributed by atoms with Gasteiger partial charge in [-0.2, -0.15) is 5.26 Å². The van der Waals surface area contributed by atoms with E-state index in [0.29, 0.717) is 11.5 Å². The van der Waals surface area contributed by atoms with E-state index >= 15 is 0 Å². The molecule has 0 aliphatic heterocycles. The molecular weight excluding hydrogens is 190 g/mol. The molecule has 0 aliphatic carbocycles. The average molecular weight is 199 g/mol. The zero-order chi connectivity index (χ0) is 10.8. The summed E-state index contributed by atoms with van der Waals surface area (Å²) in [5, 5.41) is 8.79. The molecule has 5 heteroatoms. The molecule has 0 saturated heterocycles. The maximum Gasteiger partial charge on any atom is 0.165 e. The van der Waals surface area contributed by atoms with Crippen LogP contribution in [0.3, 0.4) is 0 Å². The predicted molar refractivity (Wildman–Crippen MR) is 55.2 cm³/mol. The van der Waals surface area contributed by atoms with Crippen molar-refractivity contribution in [3.63, 3.8) is 0 Å². The Morgan fingerprint density at radius 2 is 2.27 bits per heavy atom. The highest BCUT2D eigenvalue weighted by molar-refractivity contribution is 5.52. The fraction of sp³-hybridized carbons (Fsp3) is 0.100. The van der Waals surface area contributed by atoms with Gasteiger partial charge in [0.25, 0.3) is 0 Å². The Morgan fingerprint density at radius 3 is 2.87 bits per heavy atom. The standard InChI is InChI=1S/C10H9N5/c1-7-13-4-5-15(7)10-3-2-8(12)9(6-11)14-10/h2-5H,12H2,1H3. The highest BCUT2D eigenvalue weighted by atomic mass is 15.1. The second kappa shape index (κ2) is 3.42. The lowest BCUT2D eigenvalue weighted by atomic mass is 10.3. The van der Waals surface area contributed by atoms with E-state index < -0.39 is 0 Å². The molecule has 0 radical (unpaired) electrons. The molecule has 15 heavy (non-hydrogen) atoms. The van der Waals surface area contributed by atoms with E-state index in [9.17, 15) is 0 Å². The first kappa shape index (κ1) is 9.21. The van der Waals surface area contributed by atoms with Crippen molar-refractivity contribution in [3.05, 3.63) is 36.0 Å². The number of aryl methyl sites for hydroxylation is 1. The number of nitriles is 1. The van der Waals surface area contributed by atoms with Gasteiger partial charge in [-0.25, -0.2) is 9.97 Å². The number of hydrogen-bond acceptors (Lipinski definition) is 4. The summed E-state index contributed by atoms with van der Waals surface area (Å²) in [6.07, 6.45) is 3.47. The van der Waals surface area contributed by atoms with Crippen molar-refractivity contribution < 1.29 is 0 Å². The molecule has 0 spiro atoms. The summed E-state index contributed by atoms with van der Waals surface area (Å²) in [5.74, 6) is 1.46. The van der Waals surface area contributed by atoms with Gasteiger partial charge in [0.05, 0.1) is 5.69 Å². The third kappa shape index (κ3) is 1.53. The molecular formula is C10H9N5. The van der Waals surface area contributed by atoms with Crippen LogP contribution in [0.5, 0.6) is 0 Å². The predicted octanol–water partition coefficient (Wildman–Crippen LogP) is 1.03. The fourth-order valence-corrected chi connectivity index (χ4v) is 1.30. The lowest BCUT2D eigenvalue weighted by Gasteiger charge is -2.04. The van der Waals surface area contributed by atoms with E-state index in [1.165, 1.54) is 0 Å². The molecule has 0 atom stereocenters. The van der Waals surface area contributed by atoms with E-state index in [1.54, 1.807) is 29.1 Å². The lowest BCUT2D eigenvalue weighted by molar-refractivity contribution is 0.929. The molecule has 0 unspecified atom stereocenters. The summed E-state index contributed by atoms with van der Waals surface area (Å²) in [5.41, 5.74) is 6.21. The van der Waals surface area contributed by atoms with Crippen LogP contribution in [-0.2, 0) is 0 Å². The molecule has 2 aromatic heterocycles. The Balaban J connectivity index is 2.57. The van der Waals surface area contributed by atoms with Gasteiger partial charge in [-0.05, 0) is 19.1 Å². The molecule has 0 saturated carbocycles. The maximum atomic E-state index is 8.79. The van der Waals surface area contributed by atoms with Crippen molar-refractivity contribution in [1.82, 2.24) is 14.5 Å². The van der Waals surface area contributed by atoms with Crippen molar-refractivity contribution in [2.24, 2.45) is 0 Å². The Morgan fingerprint density at radius 1 is 1.47 bits per heavy atom. The van der Waals surface area contributed by atoms with Crippen molar-refractivity contribution in [2.75, 3.05) is 5.73 Å². The zero-order valence-electron chi connectivity index (χ0n) is 8.18. The topological polar surface area (TPSA) is 80.5 Å². The maximum absolute atomic E-state index is 8.79. The van der Waals surface area contributed by atoms with Crippen molar-refractivity contribution in [1.29, 1.82) is 5.26 Å². The lowest BCUT2D eigenvalue weighted by Crippen LogP contribution is -2.02. The van der Waals surface area contributed by atoms with Crippen molar-refractivity contribution in [3.8, 4) is 11.9 Å². The molecule has 0 aromatic carbocycles. The van der Waals surface area contributed by atoms with E-state index in [2.05, 4.69) is 9.97 Å². The van der Waals surface area contributed by atoms with E-state index in [1.807, 2.05) is 13.0 Å². The first-order chi connectivity index (χ1) is 7.22. The minimum Gasteiger partial charge on any atom is -0.396 e. The van der Waals surface area contributed by atoms with Gasteiger partial charge in [0.1, 0.15) is 17.7 Å². The molecule has 0 bridgehead atoms. The van der Waals surface area contributed by atoms with Crippen LogP contribution < -0.4 is 5.73 Å². The smallest absolute Gasteiger partial charge is 0.165 e. The van der Waals surface area contributed by atoms with Crippen molar-refractivity contribution >= 4 is 5.69 Å². The van der Waals surface area contributed by atoms with Gasteiger partial charge in [-0.15, -0.1) is 0 Å². The fourth-order valence-electron chi connectivity index (χ4n) is 1.30. The minimum atomic E-state index is 0.237. The molecule has 0 fully saturated rings. The number of rotatable bonds is 1. The molecule has 74 valence electrons. The normalized spacial score (nSPS) is 9.87. The summed E-state index contributed by atoms with van der Waals surface area (Å²) < 4.78 is 1.79. The van der Waals surface area contributed by atoms with Gasteiger partial charge in [0, 0.05) is 12.4 Å². The first-order valence-electron chi connectivity index (χ1n) is 4.39. The number of nitrogen functional groups attached to an aromatic ring is 1. The Labute approximate surface area is 86.8 Å². The molecule has 2 N–H and O–H groups in total. The number of hydrogen-bond donors (Lipinski definition) is 1. The summed E-state index contributed by atoms with van der Waals surface area (Å²) in [7, 11) is 0. The highest BCUT2D eigenvalue weighted by Gasteiger charge is 2.05. The van der Waals surface area contributed by atoms with Gasteiger partial charge in [0.15, 0.2) is 5.69 Å². The van der Waals surface area contributed by atoms with Gasteiger partial charge >= 0.3 is 0 Å². The van der Waals surface area contributed by atoms with Crippen LogP contribution in [0, 0.1) is 18.3 Å². The van der Waals surface area contributed by atoms with Gasteiger partial charge in [0.2, 0.25) is 0 Å². The second-order valence-corrected chi connectivity index (χ2v) is 3.06. The Hall–Kier alpha value is -2.35.